The molecule has 0 bridgehead atoms. The minimum atomic E-state index is -0.634. The number of rotatable bonds is 15. The van der Waals surface area contributed by atoms with Gasteiger partial charge < -0.3 is 14.9 Å². The molecule has 1 fully saturated rings. The Kier molecular flexibility index (Phi) is 13.1. The van der Waals surface area contributed by atoms with E-state index in [1.54, 1.807) is 6.08 Å². The van der Waals surface area contributed by atoms with E-state index in [0.29, 0.717) is 13.0 Å². The Labute approximate surface area is 170 Å². The number of hydrogen-bond donors (Lipinski definition) is 2. The molecule has 162 valence electrons. The number of esters is 1. The molecule has 1 rings (SSSR count). The molecule has 0 saturated heterocycles. The molecule has 0 aromatic heterocycles. The van der Waals surface area contributed by atoms with Crippen LogP contribution in [0.1, 0.15) is 90.9 Å². The first-order valence-corrected chi connectivity index (χ1v) is 11.2. The van der Waals surface area contributed by atoms with Gasteiger partial charge in [-0.05, 0) is 25.7 Å². The molecule has 5 heteroatoms. The second-order valence-corrected chi connectivity index (χ2v) is 8.04. The van der Waals surface area contributed by atoms with Gasteiger partial charge in [0.15, 0.2) is 0 Å². The molecule has 0 spiro atoms. The highest BCUT2D eigenvalue weighted by molar-refractivity contribution is 5.84. The van der Waals surface area contributed by atoms with Crippen molar-refractivity contribution in [3.63, 3.8) is 0 Å². The molecule has 1 saturated carbocycles. The number of aliphatic hydroxyl groups is 2. The number of hydrogen-bond acceptors (Lipinski definition) is 5. The summed E-state index contributed by atoms with van der Waals surface area (Å²) in [5, 5.41) is 20.3. The fourth-order valence-corrected chi connectivity index (χ4v) is 3.82. The Hall–Kier alpha value is -1.20. The van der Waals surface area contributed by atoms with Crippen LogP contribution in [0.2, 0.25) is 0 Å². The van der Waals surface area contributed by atoms with Crippen LogP contribution in [0.4, 0.5) is 0 Å². The Balaban J connectivity index is 2.31. The van der Waals surface area contributed by atoms with E-state index < -0.39 is 12.2 Å². The fraction of sp³-hybridized carbons (Fsp3) is 0.826. The first kappa shape index (κ1) is 24.8. The fourth-order valence-electron chi connectivity index (χ4n) is 3.82. The molecule has 0 aromatic rings. The van der Waals surface area contributed by atoms with E-state index in [4.69, 9.17) is 4.74 Å². The minimum absolute atomic E-state index is 0.126. The summed E-state index contributed by atoms with van der Waals surface area (Å²) in [6.07, 6.45) is 12.4. The van der Waals surface area contributed by atoms with Crippen LogP contribution in [0.15, 0.2) is 12.2 Å². The van der Waals surface area contributed by atoms with Crippen molar-refractivity contribution in [1.29, 1.82) is 0 Å². The average Bonchev–Trinajstić information content (AvgIpc) is 2.94. The van der Waals surface area contributed by atoms with Gasteiger partial charge in [-0.3, -0.25) is 9.59 Å². The predicted octanol–water partition coefficient (Wildman–Crippen LogP) is 4.34. The number of aliphatic hydroxyl groups excluding tert-OH is 2. The Morgan fingerprint density at radius 3 is 2.61 bits per heavy atom. The van der Waals surface area contributed by atoms with Crippen LogP contribution in [0, 0.1) is 11.8 Å². The van der Waals surface area contributed by atoms with Crippen molar-refractivity contribution in [2.75, 3.05) is 6.61 Å². The number of carbonyl (C=O) groups excluding carboxylic acids is 2. The van der Waals surface area contributed by atoms with Crippen LogP contribution in [0.5, 0.6) is 0 Å². The number of unbranched alkanes of at least 4 members (excludes halogenated alkanes) is 5. The van der Waals surface area contributed by atoms with Crippen molar-refractivity contribution in [2.45, 2.75) is 103 Å². The third-order valence-electron chi connectivity index (χ3n) is 5.50. The maximum absolute atomic E-state index is 12.2. The predicted molar refractivity (Wildman–Crippen MR) is 111 cm³/mol. The molecule has 0 amide bonds. The molecule has 0 radical (unpaired) electrons. The Morgan fingerprint density at radius 1 is 1.14 bits per heavy atom. The number of ketones is 1. The maximum atomic E-state index is 12.2. The van der Waals surface area contributed by atoms with E-state index in [0.717, 1.165) is 64.2 Å². The largest absolute Gasteiger partial charge is 0.466 e. The molecule has 1 aliphatic carbocycles. The smallest absolute Gasteiger partial charge is 0.305 e. The Bertz CT molecular complexity index is 474. The SMILES string of the molecule is CCCCC[C@H](O)/C=C/[C@H]1[C@H](O)CC(=O)[C@@H]1CCCCCCC(=O)OCCC. The van der Waals surface area contributed by atoms with E-state index in [-0.39, 0.29) is 30.0 Å². The van der Waals surface area contributed by atoms with Crippen LogP contribution in [-0.2, 0) is 14.3 Å². The molecule has 4 atom stereocenters. The summed E-state index contributed by atoms with van der Waals surface area (Å²) in [5.74, 6) is -0.328. The summed E-state index contributed by atoms with van der Waals surface area (Å²) in [7, 11) is 0. The van der Waals surface area contributed by atoms with Crippen molar-refractivity contribution < 1.29 is 24.5 Å². The molecule has 2 N–H and O–H groups in total. The molecule has 0 aromatic carbocycles. The van der Waals surface area contributed by atoms with E-state index in [2.05, 4.69) is 6.92 Å². The topological polar surface area (TPSA) is 83.8 Å². The van der Waals surface area contributed by atoms with Gasteiger partial charge in [0.25, 0.3) is 0 Å². The van der Waals surface area contributed by atoms with Gasteiger partial charge in [0.1, 0.15) is 5.78 Å². The van der Waals surface area contributed by atoms with Crippen molar-refractivity contribution in [3.8, 4) is 0 Å². The summed E-state index contributed by atoms with van der Waals surface area (Å²) < 4.78 is 5.06. The summed E-state index contributed by atoms with van der Waals surface area (Å²) in [6.45, 7) is 4.60. The van der Waals surface area contributed by atoms with Gasteiger partial charge >= 0.3 is 5.97 Å². The lowest BCUT2D eigenvalue weighted by molar-refractivity contribution is -0.143. The third-order valence-corrected chi connectivity index (χ3v) is 5.50. The lowest BCUT2D eigenvalue weighted by Gasteiger charge is -2.18. The number of Topliss-reactive ketones (excluding diaryl/α,β-unsaturated/α-hetero) is 1. The number of carbonyl (C=O) groups is 2. The highest BCUT2D eigenvalue weighted by Crippen LogP contribution is 2.34. The van der Waals surface area contributed by atoms with Gasteiger partial charge in [-0.2, -0.15) is 0 Å². The van der Waals surface area contributed by atoms with Gasteiger partial charge in [0, 0.05) is 24.7 Å². The Morgan fingerprint density at radius 2 is 1.89 bits per heavy atom. The van der Waals surface area contributed by atoms with Crippen molar-refractivity contribution in [3.05, 3.63) is 12.2 Å². The third kappa shape index (κ3) is 9.83. The summed E-state index contributed by atoms with van der Waals surface area (Å²) in [5.41, 5.74) is 0. The van der Waals surface area contributed by atoms with E-state index in [9.17, 15) is 19.8 Å². The van der Waals surface area contributed by atoms with Crippen LogP contribution in [0.3, 0.4) is 0 Å². The quantitative estimate of drug-likeness (QED) is 0.244. The summed E-state index contributed by atoms with van der Waals surface area (Å²) in [6, 6.07) is 0. The lowest BCUT2D eigenvalue weighted by atomic mass is 9.88. The van der Waals surface area contributed by atoms with E-state index in [1.165, 1.54) is 0 Å². The van der Waals surface area contributed by atoms with Crippen LogP contribution >= 0.6 is 0 Å². The van der Waals surface area contributed by atoms with Crippen molar-refractivity contribution in [1.82, 2.24) is 0 Å². The monoisotopic (exact) mass is 396 g/mol. The van der Waals surface area contributed by atoms with Gasteiger partial charge in [-0.25, -0.2) is 0 Å². The van der Waals surface area contributed by atoms with E-state index in [1.807, 2.05) is 13.0 Å². The molecule has 0 unspecified atom stereocenters. The molecule has 5 nitrogen and oxygen atoms in total. The lowest BCUT2D eigenvalue weighted by Crippen LogP contribution is -2.19. The van der Waals surface area contributed by atoms with E-state index >= 15 is 0 Å². The normalized spacial score (nSPS) is 23.4. The van der Waals surface area contributed by atoms with Crippen molar-refractivity contribution >= 4 is 11.8 Å². The molecular weight excluding hydrogens is 356 g/mol. The molecular formula is C23H40O5. The maximum Gasteiger partial charge on any atom is 0.305 e. The first-order valence-electron chi connectivity index (χ1n) is 11.2. The van der Waals surface area contributed by atoms with Crippen LogP contribution < -0.4 is 0 Å². The van der Waals surface area contributed by atoms with Crippen molar-refractivity contribution in [2.24, 2.45) is 11.8 Å². The first-order chi connectivity index (χ1) is 13.5. The number of ether oxygens (including phenoxy) is 1. The minimum Gasteiger partial charge on any atom is -0.466 e. The molecule has 0 aliphatic heterocycles. The standard InChI is InChI=1S/C23H40O5/c1-3-5-8-11-18(24)14-15-20-19(21(25)17-22(20)26)12-9-6-7-10-13-23(27)28-16-4-2/h14-15,18-20,22,24,26H,3-13,16-17H2,1-2H3/b15-14+/t18-,19+,20+,22+/m0/s1. The van der Waals surface area contributed by atoms with Crippen LogP contribution in [0.25, 0.3) is 0 Å². The zero-order valence-corrected chi connectivity index (χ0v) is 17.8. The highest BCUT2D eigenvalue weighted by atomic mass is 16.5. The van der Waals surface area contributed by atoms with Gasteiger partial charge in [0.05, 0.1) is 18.8 Å². The zero-order chi connectivity index (χ0) is 20.8. The van der Waals surface area contributed by atoms with Gasteiger partial charge in [-0.1, -0.05) is 64.5 Å². The zero-order valence-electron chi connectivity index (χ0n) is 17.8. The summed E-state index contributed by atoms with van der Waals surface area (Å²) in [4.78, 5) is 23.7. The molecule has 1 aliphatic rings. The van der Waals surface area contributed by atoms with Gasteiger partial charge in [0.2, 0.25) is 0 Å². The second-order valence-electron chi connectivity index (χ2n) is 8.04. The second kappa shape index (κ2) is 14.7. The van der Waals surface area contributed by atoms with Crippen LogP contribution in [-0.4, -0.2) is 40.8 Å². The molecule has 0 heterocycles. The highest BCUT2D eigenvalue weighted by Gasteiger charge is 2.39. The average molecular weight is 397 g/mol. The van der Waals surface area contributed by atoms with Gasteiger partial charge in [-0.15, -0.1) is 0 Å². The summed E-state index contributed by atoms with van der Waals surface area (Å²) >= 11 is 0. The molecule has 28 heavy (non-hydrogen) atoms.